The maximum Gasteiger partial charge on any atom is 0.379 e. The molecule has 0 spiro atoms. The zero-order chi connectivity index (χ0) is 14.0. The molecule has 1 aromatic carbocycles. The minimum absolute atomic E-state index is 0.0208. The van der Waals surface area contributed by atoms with E-state index in [0.717, 1.165) is 24.2 Å². The number of fused-ring (bicyclic) bond motifs is 1. The second-order valence-corrected chi connectivity index (χ2v) is 4.53. The summed E-state index contributed by atoms with van der Waals surface area (Å²) in [5.41, 5.74) is 1.65. The van der Waals surface area contributed by atoms with Crippen molar-refractivity contribution in [1.82, 2.24) is 0 Å². The van der Waals surface area contributed by atoms with Gasteiger partial charge in [0.15, 0.2) is 0 Å². The number of hydrogen-bond acceptors (Lipinski definition) is 5. The number of anilines is 1. The van der Waals surface area contributed by atoms with Gasteiger partial charge in [-0.05, 0) is 31.9 Å². The molecule has 2 rings (SSSR count). The second-order valence-electron chi connectivity index (χ2n) is 4.53. The summed E-state index contributed by atoms with van der Waals surface area (Å²) in [4.78, 5) is 25.3. The van der Waals surface area contributed by atoms with Crippen LogP contribution in [0.15, 0.2) is 12.1 Å². The molecule has 0 atom stereocenters. The number of benzene rings is 1. The zero-order valence-corrected chi connectivity index (χ0v) is 11.1. The van der Waals surface area contributed by atoms with Gasteiger partial charge in [-0.1, -0.05) is 0 Å². The van der Waals surface area contributed by atoms with Gasteiger partial charge in [0.2, 0.25) is 0 Å². The fourth-order valence-corrected chi connectivity index (χ4v) is 2.33. The van der Waals surface area contributed by atoms with Crippen LogP contribution in [0.2, 0.25) is 0 Å². The maximum absolute atomic E-state index is 11.9. The summed E-state index contributed by atoms with van der Waals surface area (Å²) in [6.45, 7) is 2.68. The van der Waals surface area contributed by atoms with E-state index in [9.17, 15) is 14.7 Å². The summed E-state index contributed by atoms with van der Waals surface area (Å²) in [5.74, 6) is -1.82. The lowest BCUT2D eigenvalue weighted by Gasteiger charge is -2.28. The fraction of sp³-hybridized carbons (Fsp3) is 0.429. The minimum Gasteiger partial charge on any atom is -0.507 e. The van der Waals surface area contributed by atoms with Gasteiger partial charge in [-0.3, -0.25) is 4.79 Å². The van der Waals surface area contributed by atoms with Crippen molar-refractivity contribution in [2.45, 2.75) is 19.8 Å². The van der Waals surface area contributed by atoms with E-state index in [1.807, 2.05) is 11.9 Å². The maximum atomic E-state index is 11.9. The molecule has 1 N–H and O–H groups in total. The van der Waals surface area contributed by atoms with E-state index in [2.05, 4.69) is 4.74 Å². The Kier molecular flexibility index (Phi) is 3.74. The third-order valence-electron chi connectivity index (χ3n) is 3.30. The van der Waals surface area contributed by atoms with Crippen molar-refractivity contribution in [3.8, 4) is 5.75 Å². The summed E-state index contributed by atoms with van der Waals surface area (Å²) in [7, 11) is 1.93. The molecule has 0 bridgehead atoms. The van der Waals surface area contributed by atoms with Crippen LogP contribution in [0.4, 0.5) is 5.69 Å². The third kappa shape index (κ3) is 2.41. The molecule has 19 heavy (non-hydrogen) atoms. The summed E-state index contributed by atoms with van der Waals surface area (Å²) >= 11 is 0. The Morgan fingerprint density at radius 2 is 2.16 bits per heavy atom. The number of esters is 1. The topological polar surface area (TPSA) is 66.8 Å². The standard InChI is InChI=1S/C14H17NO4/c1-3-19-14(18)13(17)10-6-7-11-9(12(10)16)5-4-8-15(11)2/h6-7,16H,3-5,8H2,1-2H3. The molecule has 0 fully saturated rings. The molecule has 1 aliphatic rings. The second kappa shape index (κ2) is 5.30. The van der Waals surface area contributed by atoms with Crippen molar-refractivity contribution in [2.75, 3.05) is 25.1 Å². The van der Waals surface area contributed by atoms with Gasteiger partial charge in [-0.25, -0.2) is 4.79 Å². The predicted molar refractivity (Wildman–Crippen MR) is 70.7 cm³/mol. The molecule has 0 unspecified atom stereocenters. The molecule has 5 heteroatoms. The minimum atomic E-state index is -0.929. The summed E-state index contributed by atoms with van der Waals surface area (Å²) in [6, 6.07) is 3.25. The van der Waals surface area contributed by atoms with Gasteiger partial charge in [0.1, 0.15) is 5.75 Å². The van der Waals surface area contributed by atoms with Gasteiger partial charge < -0.3 is 14.7 Å². The van der Waals surface area contributed by atoms with E-state index in [1.54, 1.807) is 13.0 Å². The van der Waals surface area contributed by atoms with Crippen LogP contribution >= 0.6 is 0 Å². The van der Waals surface area contributed by atoms with Crippen LogP contribution in [-0.2, 0) is 16.0 Å². The Morgan fingerprint density at radius 3 is 2.84 bits per heavy atom. The first-order valence-corrected chi connectivity index (χ1v) is 6.33. The SMILES string of the molecule is CCOC(=O)C(=O)c1ccc2c(c1O)CCCN2C. The first-order chi connectivity index (χ1) is 9.06. The molecule has 102 valence electrons. The fourth-order valence-electron chi connectivity index (χ4n) is 2.33. The van der Waals surface area contributed by atoms with E-state index in [0.29, 0.717) is 6.42 Å². The van der Waals surface area contributed by atoms with Crippen molar-refractivity contribution in [3.63, 3.8) is 0 Å². The van der Waals surface area contributed by atoms with E-state index in [4.69, 9.17) is 0 Å². The molecule has 1 aliphatic heterocycles. The number of carbonyl (C=O) groups is 2. The van der Waals surface area contributed by atoms with Crippen LogP contribution < -0.4 is 4.90 Å². The monoisotopic (exact) mass is 263 g/mol. The normalized spacial score (nSPS) is 13.9. The van der Waals surface area contributed by atoms with Crippen molar-refractivity contribution in [1.29, 1.82) is 0 Å². The van der Waals surface area contributed by atoms with Gasteiger partial charge in [0.25, 0.3) is 5.78 Å². The number of phenolic OH excluding ortho intramolecular Hbond substituents is 1. The molecule has 0 saturated carbocycles. The lowest BCUT2D eigenvalue weighted by atomic mass is 9.96. The number of ketones is 1. The predicted octanol–water partition coefficient (Wildman–Crippen LogP) is 1.52. The van der Waals surface area contributed by atoms with Gasteiger partial charge in [-0.15, -0.1) is 0 Å². The average Bonchev–Trinajstić information content (AvgIpc) is 2.40. The number of aromatic hydroxyl groups is 1. The number of rotatable bonds is 3. The van der Waals surface area contributed by atoms with Crippen LogP contribution in [0.5, 0.6) is 5.75 Å². The number of ether oxygens (including phenoxy) is 1. The van der Waals surface area contributed by atoms with Crippen LogP contribution in [-0.4, -0.2) is 37.1 Å². The molecule has 5 nitrogen and oxygen atoms in total. The van der Waals surface area contributed by atoms with Crippen molar-refractivity contribution >= 4 is 17.4 Å². The average molecular weight is 263 g/mol. The Bertz CT molecular complexity index is 524. The number of hydrogen-bond donors (Lipinski definition) is 1. The summed E-state index contributed by atoms with van der Waals surface area (Å²) in [5, 5.41) is 10.2. The van der Waals surface area contributed by atoms with Gasteiger partial charge in [0.05, 0.1) is 12.2 Å². The summed E-state index contributed by atoms with van der Waals surface area (Å²) < 4.78 is 4.67. The molecule has 1 aromatic rings. The molecule has 0 aliphatic carbocycles. The van der Waals surface area contributed by atoms with Crippen LogP contribution in [0.25, 0.3) is 0 Å². The highest BCUT2D eigenvalue weighted by atomic mass is 16.5. The van der Waals surface area contributed by atoms with E-state index in [1.165, 1.54) is 6.07 Å². The van der Waals surface area contributed by atoms with Crippen LogP contribution in [0, 0.1) is 0 Å². The number of phenols is 1. The zero-order valence-electron chi connectivity index (χ0n) is 11.1. The van der Waals surface area contributed by atoms with Crippen molar-refractivity contribution in [2.24, 2.45) is 0 Å². The summed E-state index contributed by atoms with van der Waals surface area (Å²) in [6.07, 6.45) is 1.61. The number of carbonyl (C=O) groups excluding carboxylic acids is 2. The molecule has 0 radical (unpaired) electrons. The van der Waals surface area contributed by atoms with Gasteiger partial charge in [-0.2, -0.15) is 0 Å². The van der Waals surface area contributed by atoms with E-state index < -0.39 is 11.8 Å². The Labute approximate surface area is 111 Å². The number of nitrogens with zero attached hydrogens (tertiary/aromatic N) is 1. The van der Waals surface area contributed by atoms with Crippen molar-refractivity contribution in [3.05, 3.63) is 23.3 Å². The number of Topliss-reactive ketones (excluding diaryl/α,β-unsaturated/α-hetero) is 1. The van der Waals surface area contributed by atoms with Crippen LogP contribution in [0.1, 0.15) is 29.3 Å². The van der Waals surface area contributed by atoms with Gasteiger partial charge in [0, 0.05) is 24.8 Å². The molecule has 0 saturated heterocycles. The Hall–Kier alpha value is -2.04. The van der Waals surface area contributed by atoms with Gasteiger partial charge >= 0.3 is 5.97 Å². The first-order valence-electron chi connectivity index (χ1n) is 6.33. The molecule has 1 heterocycles. The van der Waals surface area contributed by atoms with E-state index in [-0.39, 0.29) is 17.9 Å². The van der Waals surface area contributed by atoms with E-state index >= 15 is 0 Å². The highest BCUT2D eigenvalue weighted by molar-refractivity contribution is 6.41. The molecular weight excluding hydrogens is 246 g/mol. The lowest BCUT2D eigenvalue weighted by molar-refractivity contribution is -0.137. The highest BCUT2D eigenvalue weighted by Crippen LogP contribution is 2.35. The highest BCUT2D eigenvalue weighted by Gasteiger charge is 2.26. The smallest absolute Gasteiger partial charge is 0.379 e. The Morgan fingerprint density at radius 1 is 1.42 bits per heavy atom. The largest absolute Gasteiger partial charge is 0.507 e. The molecular formula is C14H17NO4. The molecule has 0 aromatic heterocycles. The third-order valence-corrected chi connectivity index (χ3v) is 3.30. The Balaban J connectivity index is 2.39. The lowest BCUT2D eigenvalue weighted by Crippen LogP contribution is -2.25. The van der Waals surface area contributed by atoms with Crippen molar-refractivity contribution < 1.29 is 19.4 Å². The molecule has 0 amide bonds. The quantitative estimate of drug-likeness (QED) is 0.509. The first kappa shape index (κ1) is 13.4. The van der Waals surface area contributed by atoms with Crippen LogP contribution in [0.3, 0.4) is 0 Å².